The largest absolute Gasteiger partial charge is 0.488 e. The van der Waals surface area contributed by atoms with E-state index in [0.717, 1.165) is 11.3 Å². The summed E-state index contributed by atoms with van der Waals surface area (Å²) < 4.78 is 16.4. The van der Waals surface area contributed by atoms with Crippen molar-refractivity contribution in [1.29, 1.82) is 0 Å². The molecule has 146 valence electrons. The van der Waals surface area contributed by atoms with Gasteiger partial charge in [-0.15, -0.1) is 0 Å². The summed E-state index contributed by atoms with van der Waals surface area (Å²) in [4.78, 5) is 12.1. The van der Waals surface area contributed by atoms with Gasteiger partial charge < -0.3 is 14.0 Å². The van der Waals surface area contributed by atoms with Crippen LogP contribution in [-0.4, -0.2) is 30.5 Å². The van der Waals surface area contributed by atoms with Crippen molar-refractivity contribution in [3.8, 4) is 22.8 Å². The zero-order chi connectivity index (χ0) is 20.1. The minimum Gasteiger partial charge on any atom is -0.488 e. The first-order valence-electron chi connectivity index (χ1n) is 8.78. The monoisotopic (exact) mass is 409 g/mol. The highest BCUT2D eigenvalue weighted by atomic mass is 35.5. The molecular formula is C21H16ClN3O4. The third kappa shape index (κ3) is 4.30. The lowest BCUT2D eigenvalue weighted by atomic mass is 10.1. The van der Waals surface area contributed by atoms with E-state index >= 15 is 0 Å². The van der Waals surface area contributed by atoms with E-state index in [2.05, 4.69) is 15.7 Å². The fourth-order valence-corrected chi connectivity index (χ4v) is 3.03. The number of hydrogen-bond acceptors (Lipinski definition) is 6. The maximum atomic E-state index is 12.1. The van der Waals surface area contributed by atoms with Crippen LogP contribution in [0.5, 0.6) is 11.5 Å². The molecule has 1 aromatic heterocycles. The number of nitrogens with zero attached hydrogens (tertiary/aromatic N) is 2. The van der Waals surface area contributed by atoms with Crippen LogP contribution in [0.2, 0.25) is 0 Å². The summed E-state index contributed by atoms with van der Waals surface area (Å²) in [5.74, 6) is 1.37. The van der Waals surface area contributed by atoms with Gasteiger partial charge >= 0.3 is 0 Å². The summed E-state index contributed by atoms with van der Waals surface area (Å²) >= 11 is 6.39. The third-order valence-corrected chi connectivity index (χ3v) is 4.59. The molecular weight excluding hydrogens is 394 g/mol. The average molecular weight is 410 g/mol. The molecule has 1 amide bonds. The van der Waals surface area contributed by atoms with Crippen LogP contribution in [-0.2, 0) is 4.79 Å². The molecule has 0 bridgehead atoms. The second-order valence-corrected chi connectivity index (χ2v) is 6.46. The number of hydrogen-bond donors (Lipinski definition) is 1. The first kappa shape index (κ1) is 18.8. The van der Waals surface area contributed by atoms with E-state index < -0.39 is 5.91 Å². The molecule has 2 heterocycles. The minimum atomic E-state index is -0.414. The van der Waals surface area contributed by atoms with Crippen LogP contribution in [0, 0.1) is 0 Å². The number of nitrogens with one attached hydrogen (secondary N) is 1. The molecule has 0 aliphatic carbocycles. The molecule has 7 nitrogen and oxygen atoms in total. The van der Waals surface area contributed by atoms with Gasteiger partial charge in [-0.1, -0.05) is 41.0 Å². The second kappa shape index (κ2) is 8.62. The molecule has 29 heavy (non-hydrogen) atoms. The Morgan fingerprint density at radius 2 is 1.97 bits per heavy atom. The molecule has 3 aromatic rings. The molecule has 0 spiro atoms. The average Bonchev–Trinajstić information content (AvgIpc) is 3.29. The van der Waals surface area contributed by atoms with Gasteiger partial charge in [0.15, 0.2) is 12.4 Å². The van der Waals surface area contributed by atoms with Crippen LogP contribution >= 0.6 is 11.6 Å². The Balaban J connectivity index is 1.36. The number of amides is 1. The van der Waals surface area contributed by atoms with E-state index in [1.54, 1.807) is 24.4 Å². The normalized spacial score (nSPS) is 13.1. The lowest BCUT2D eigenvalue weighted by Gasteiger charge is -2.18. The molecule has 0 unspecified atom stereocenters. The van der Waals surface area contributed by atoms with Gasteiger partial charge in [-0.05, 0) is 24.3 Å². The highest BCUT2D eigenvalue weighted by molar-refractivity contribution is 6.51. The quantitative estimate of drug-likeness (QED) is 0.493. The topological polar surface area (TPSA) is 86.0 Å². The van der Waals surface area contributed by atoms with Gasteiger partial charge in [-0.2, -0.15) is 5.10 Å². The Hall–Kier alpha value is -3.58. The van der Waals surface area contributed by atoms with Crippen LogP contribution in [0.4, 0.5) is 0 Å². The fourth-order valence-electron chi connectivity index (χ4n) is 2.77. The van der Waals surface area contributed by atoms with E-state index in [1.165, 1.54) is 6.21 Å². The summed E-state index contributed by atoms with van der Waals surface area (Å²) in [6.07, 6.45) is 3.01. The van der Waals surface area contributed by atoms with E-state index in [9.17, 15) is 4.79 Å². The standard InChI is InChI=1S/C21H16ClN3O4/c22-21-14(12-27-18-8-4-2-6-16(18)21)11-23-25-20(26)13-28-17-7-3-1-5-15(17)19-9-10-24-29-19/h1-11H,12-13H2,(H,25,26). The molecule has 0 saturated heterocycles. The molecule has 1 N–H and O–H groups in total. The van der Waals surface area contributed by atoms with Crippen LogP contribution < -0.4 is 14.9 Å². The predicted octanol–water partition coefficient (Wildman–Crippen LogP) is 3.86. The first-order valence-corrected chi connectivity index (χ1v) is 9.16. The Labute approximate surface area is 171 Å². The van der Waals surface area contributed by atoms with Crippen molar-refractivity contribution in [1.82, 2.24) is 10.6 Å². The van der Waals surface area contributed by atoms with E-state index in [4.69, 9.17) is 25.6 Å². The third-order valence-electron chi connectivity index (χ3n) is 4.15. The van der Waals surface area contributed by atoms with Crippen molar-refractivity contribution in [2.45, 2.75) is 0 Å². The molecule has 8 heteroatoms. The van der Waals surface area contributed by atoms with Gasteiger partial charge in [-0.3, -0.25) is 4.79 Å². The Morgan fingerprint density at radius 3 is 2.79 bits per heavy atom. The van der Waals surface area contributed by atoms with Crippen molar-refractivity contribution in [3.63, 3.8) is 0 Å². The van der Waals surface area contributed by atoms with Crippen molar-refractivity contribution in [2.24, 2.45) is 5.10 Å². The van der Waals surface area contributed by atoms with Gasteiger partial charge in [0, 0.05) is 17.2 Å². The highest BCUT2D eigenvalue weighted by Crippen LogP contribution is 2.34. The number of carbonyl (C=O) groups excluding carboxylic acids is 1. The maximum absolute atomic E-state index is 12.1. The summed E-state index contributed by atoms with van der Waals surface area (Å²) in [6, 6.07) is 16.4. The smallest absolute Gasteiger partial charge is 0.277 e. The van der Waals surface area contributed by atoms with E-state index in [0.29, 0.717) is 27.7 Å². The van der Waals surface area contributed by atoms with Gasteiger partial charge in [0.1, 0.15) is 18.1 Å². The molecule has 1 aliphatic rings. The first-order chi connectivity index (χ1) is 14.2. The molecule has 0 atom stereocenters. The SMILES string of the molecule is O=C(COc1ccccc1-c1ccno1)NN=CC1=C(Cl)c2ccccc2OC1. The maximum Gasteiger partial charge on any atom is 0.277 e. The highest BCUT2D eigenvalue weighted by Gasteiger charge is 2.17. The number of carbonyl (C=O) groups is 1. The molecule has 1 aliphatic heterocycles. The van der Waals surface area contributed by atoms with E-state index in [-0.39, 0.29) is 13.2 Å². The number of rotatable bonds is 6. The van der Waals surface area contributed by atoms with Crippen molar-refractivity contribution >= 4 is 28.8 Å². The van der Waals surface area contributed by atoms with Crippen LogP contribution in [0.15, 0.2) is 76.0 Å². The minimum absolute atomic E-state index is 0.214. The molecule has 0 radical (unpaired) electrons. The van der Waals surface area contributed by atoms with Crippen molar-refractivity contribution in [3.05, 3.63) is 71.9 Å². The number of halogens is 1. The number of para-hydroxylation sites is 2. The fraction of sp³-hybridized carbons (Fsp3) is 0.0952. The van der Waals surface area contributed by atoms with Crippen LogP contribution in [0.3, 0.4) is 0 Å². The van der Waals surface area contributed by atoms with E-state index in [1.807, 2.05) is 36.4 Å². The van der Waals surface area contributed by atoms with Gasteiger partial charge in [0.2, 0.25) is 0 Å². The number of hydrazone groups is 1. The van der Waals surface area contributed by atoms with Crippen LogP contribution in [0.25, 0.3) is 16.4 Å². The number of aromatic nitrogens is 1. The zero-order valence-electron chi connectivity index (χ0n) is 15.2. The molecule has 2 aromatic carbocycles. The summed E-state index contributed by atoms with van der Waals surface area (Å²) in [6.45, 7) is 0.0604. The van der Waals surface area contributed by atoms with Crippen molar-refractivity contribution in [2.75, 3.05) is 13.2 Å². The van der Waals surface area contributed by atoms with Gasteiger partial charge in [0.25, 0.3) is 5.91 Å². The molecule has 0 saturated carbocycles. The number of benzene rings is 2. The zero-order valence-corrected chi connectivity index (χ0v) is 15.9. The lowest BCUT2D eigenvalue weighted by molar-refractivity contribution is -0.123. The Morgan fingerprint density at radius 1 is 1.17 bits per heavy atom. The predicted molar refractivity (Wildman–Crippen MR) is 109 cm³/mol. The van der Waals surface area contributed by atoms with Crippen LogP contribution in [0.1, 0.15) is 5.56 Å². The summed E-state index contributed by atoms with van der Waals surface area (Å²) in [7, 11) is 0. The number of fused-ring (bicyclic) bond motifs is 1. The molecule has 4 rings (SSSR count). The van der Waals surface area contributed by atoms with Gasteiger partial charge in [0.05, 0.1) is 23.0 Å². The lowest BCUT2D eigenvalue weighted by Crippen LogP contribution is -2.25. The Kier molecular flexibility index (Phi) is 5.58. The Bertz CT molecular complexity index is 1080. The second-order valence-electron chi connectivity index (χ2n) is 6.08. The number of ether oxygens (including phenoxy) is 2. The van der Waals surface area contributed by atoms with Crippen molar-refractivity contribution < 1.29 is 18.8 Å². The molecule has 0 fully saturated rings. The summed E-state index contributed by atoms with van der Waals surface area (Å²) in [5, 5.41) is 8.18. The summed E-state index contributed by atoms with van der Waals surface area (Å²) in [5.41, 5.74) is 4.59. The van der Waals surface area contributed by atoms with Gasteiger partial charge in [-0.25, -0.2) is 5.43 Å².